The van der Waals surface area contributed by atoms with Crippen LogP contribution in [0.25, 0.3) is 0 Å². The van der Waals surface area contributed by atoms with E-state index in [1.165, 1.54) is 0 Å². The van der Waals surface area contributed by atoms with Gasteiger partial charge in [-0.2, -0.15) is 26.3 Å². The molecule has 0 aromatic carbocycles. The normalized spacial score (nSPS) is 16.2. The Morgan fingerprint density at radius 2 is 1.42 bits per heavy atom. The van der Waals surface area contributed by atoms with E-state index in [0.29, 0.717) is 0 Å². The lowest BCUT2D eigenvalue weighted by Gasteiger charge is -2.14. The minimum absolute atomic E-state index is 1.34. The molecule has 0 amide bonds. The molecule has 0 aromatic heterocycles. The van der Waals surface area contributed by atoms with Crippen LogP contribution in [-0.2, 0) is 0 Å². The van der Waals surface area contributed by atoms with E-state index in [2.05, 4.69) is 0 Å². The Balaban J connectivity index is 3.80. The van der Waals surface area contributed by atoms with Crippen LogP contribution >= 0.6 is 0 Å². The van der Waals surface area contributed by atoms with Crippen molar-refractivity contribution in [3.8, 4) is 0 Å². The molecule has 0 radical (unpaired) electrons. The van der Waals surface area contributed by atoms with E-state index in [0.717, 1.165) is 0 Å². The van der Waals surface area contributed by atoms with Crippen LogP contribution in [0.2, 0.25) is 0 Å². The van der Waals surface area contributed by atoms with Gasteiger partial charge in [0.2, 0.25) is 0 Å². The first-order chi connectivity index (χ1) is 5.13. The monoisotopic (exact) mass is 196 g/mol. The average molecular weight is 196 g/mol. The fourth-order valence-electron chi connectivity index (χ4n) is 0.464. The molecule has 0 unspecified atom stereocenters. The van der Waals surface area contributed by atoms with E-state index in [1.807, 2.05) is 0 Å². The topological polar surface area (TPSA) is 20.2 Å². The van der Waals surface area contributed by atoms with Crippen LogP contribution in [0.4, 0.5) is 26.3 Å². The lowest BCUT2D eigenvalue weighted by atomic mass is 10.2. The minimum Gasteiger partial charge on any atom is -0.384 e. The lowest BCUT2D eigenvalue weighted by Crippen LogP contribution is -2.29. The SMILES string of the molecule is O[C@H](CCC(F)(F)F)C(F)(F)F. The summed E-state index contributed by atoms with van der Waals surface area (Å²) in [6, 6.07) is 0. The summed E-state index contributed by atoms with van der Waals surface area (Å²) in [5.74, 6) is 0. The van der Waals surface area contributed by atoms with Crippen LogP contribution in [0.5, 0.6) is 0 Å². The average Bonchev–Trinajstić information content (AvgIpc) is 1.78. The highest BCUT2D eigenvalue weighted by atomic mass is 19.4. The molecule has 1 nitrogen and oxygen atoms in total. The molecule has 0 aliphatic rings. The number of hydrogen-bond acceptors (Lipinski definition) is 1. The molecule has 0 bridgehead atoms. The van der Waals surface area contributed by atoms with E-state index in [-0.39, 0.29) is 0 Å². The summed E-state index contributed by atoms with van der Waals surface area (Å²) in [5.41, 5.74) is 0. The highest BCUT2D eigenvalue weighted by Crippen LogP contribution is 2.28. The van der Waals surface area contributed by atoms with Crippen molar-refractivity contribution in [2.45, 2.75) is 31.3 Å². The predicted octanol–water partition coefficient (Wildman–Crippen LogP) is 2.25. The maximum absolute atomic E-state index is 11.4. The zero-order valence-corrected chi connectivity index (χ0v) is 5.71. The molecule has 1 N–H and O–H groups in total. The maximum Gasteiger partial charge on any atom is 0.414 e. The van der Waals surface area contributed by atoms with Crippen molar-refractivity contribution in [1.82, 2.24) is 0 Å². The van der Waals surface area contributed by atoms with Gasteiger partial charge in [-0.1, -0.05) is 0 Å². The van der Waals surface area contributed by atoms with Gasteiger partial charge in [0.05, 0.1) is 0 Å². The van der Waals surface area contributed by atoms with Gasteiger partial charge in [0.15, 0.2) is 0 Å². The maximum atomic E-state index is 11.4. The van der Waals surface area contributed by atoms with Gasteiger partial charge in [0, 0.05) is 6.42 Å². The van der Waals surface area contributed by atoms with E-state index >= 15 is 0 Å². The van der Waals surface area contributed by atoms with Crippen LogP contribution < -0.4 is 0 Å². The summed E-state index contributed by atoms with van der Waals surface area (Å²) in [7, 11) is 0. The van der Waals surface area contributed by atoms with Crippen molar-refractivity contribution in [3.05, 3.63) is 0 Å². The molecule has 12 heavy (non-hydrogen) atoms. The molecule has 0 heterocycles. The Kier molecular flexibility index (Phi) is 3.37. The van der Waals surface area contributed by atoms with Gasteiger partial charge in [-0.25, -0.2) is 0 Å². The predicted molar refractivity (Wildman–Crippen MR) is 27.4 cm³/mol. The minimum atomic E-state index is -4.97. The Morgan fingerprint density at radius 1 is 1.00 bits per heavy atom. The lowest BCUT2D eigenvalue weighted by molar-refractivity contribution is -0.215. The number of hydrogen-bond donors (Lipinski definition) is 1. The van der Waals surface area contributed by atoms with E-state index in [9.17, 15) is 26.3 Å². The number of aliphatic hydroxyl groups is 1. The van der Waals surface area contributed by atoms with Crippen molar-refractivity contribution < 1.29 is 31.4 Å². The van der Waals surface area contributed by atoms with E-state index < -0.39 is 31.3 Å². The van der Waals surface area contributed by atoms with Gasteiger partial charge >= 0.3 is 12.4 Å². The molecule has 1 atom stereocenters. The van der Waals surface area contributed by atoms with E-state index in [4.69, 9.17) is 5.11 Å². The van der Waals surface area contributed by atoms with Gasteiger partial charge in [0.1, 0.15) is 6.10 Å². The number of rotatable bonds is 2. The van der Waals surface area contributed by atoms with Gasteiger partial charge in [-0.05, 0) is 6.42 Å². The van der Waals surface area contributed by atoms with Gasteiger partial charge in [0.25, 0.3) is 0 Å². The van der Waals surface area contributed by atoms with Crippen LogP contribution in [-0.4, -0.2) is 23.6 Å². The van der Waals surface area contributed by atoms with Gasteiger partial charge < -0.3 is 5.11 Å². The summed E-state index contributed by atoms with van der Waals surface area (Å²) in [4.78, 5) is 0. The molecule has 0 fully saturated rings. The van der Waals surface area contributed by atoms with Crippen LogP contribution in [0.1, 0.15) is 12.8 Å². The molecule has 0 saturated heterocycles. The Bertz CT molecular complexity index is 136. The standard InChI is InChI=1S/C5H6F6O/c6-4(7,8)2-1-3(12)5(9,10)11/h3,12H,1-2H2/t3-/m1/s1. The third-order valence-corrected chi connectivity index (χ3v) is 1.08. The molecule has 74 valence electrons. The summed E-state index contributed by atoms with van der Waals surface area (Å²) >= 11 is 0. The van der Waals surface area contributed by atoms with E-state index in [1.54, 1.807) is 0 Å². The highest BCUT2D eigenvalue weighted by molar-refractivity contribution is 4.66. The van der Waals surface area contributed by atoms with Crippen molar-refractivity contribution in [3.63, 3.8) is 0 Å². The Morgan fingerprint density at radius 3 is 1.67 bits per heavy atom. The summed E-state index contributed by atoms with van der Waals surface area (Å²) in [5, 5.41) is 8.12. The van der Waals surface area contributed by atoms with Gasteiger partial charge in [-0.15, -0.1) is 0 Å². The fraction of sp³-hybridized carbons (Fsp3) is 1.00. The second-order valence-electron chi connectivity index (χ2n) is 2.21. The summed E-state index contributed by atoms with van der Waals surface area (Å²) < 4.78 is 68.2. The number of alkyl halides is 6. The van der Waals surface area contributed by atoms with Crippen molar-refractivity contribution >= 4 is 0 Å². The summed E-state index contributed by atoms with van der Waals surface area (Å²) in [6.07, 6.45) is -15.5. The number of aliphatic hydroxyl groups excluding tert-OH is 1. The van der Waals surface area contributed by atoms with Crippen LogP contribution in [0, 0.1) is 0 Å². The molecular weight excluding hydrogens is 190 g/mol. The third-order valence-electron chi connectivity index (χ3n) is 1.08. The second-order valence-corrected chi connectivity index (χ2v) is 2.21. The third kappa shape index (κ3) is 5.22. The van der Waals surface area contributed by atoms with Gasteiger partial charge in [-0.3, -0.25) is 0 Å². The Hall–Kier alpha value is -0.460. The molecule has 0 saturated carbocycles. The zero-order valence-electron chi connectivity index (χ0n) is 5.71. The Labute approximate surface area is 64.0 Å². The highest BCUT2D eigenvalue weighted by Gasteiger charge is 2.40. The molecular formula is C5H6F6O. The van der Waals surface area contributed by atoms with Crippen LogP contribution in [0.3, 0.4) is 0 Å². The molecule has 0 rings (SSSR count). The molecule has 0 spiro atoms. The first-order valence-corrected chi connectivity index (χ1v) is 2.94. The van der Waals surface area contributed by atoms with Crippen molar-refractivity contribution in [2.24, 2.45) is 0 Å². The number of halogens is 6. The van der Waals surface area contributed by atoms with Crippen molar-refractivity contribution in [1.29, 1.82) is 0 Å². The molecule has 0 aliphatic carbocycles. The molecule has 7 heteroatoms. The first kappa shape index (κ1) is 11.5. The smallest absolute Gasteiger partial charge is 0.384 e. The molecule has 0 aromatic rings. The zero-order chi connectivity index (χ0) is 9.99. The fourth-order valence-corrected chi connectivity index (χ4v) is 0.464. The molecule has 0 aliphatic heterocycles. The summed E-state index contributed by atoms with van der Waals surface area (Å²) in [6.45, 7) is 0. The first-order valence-electron chi connectivity index (χ1n) is 2.94. The van der Waals surface area contributed by atoms with Crippen LogP contribution in [0.15, 0.2) is 0 Å². The second kappa shape index (κ2) is 3.51. The van der Waals surface area contributed by atoms with Crippen molar-refractivity contribution in [2.75, 3.05) is 0 Å². The quantitative estimate of drug-likeness (QED) is 0.671. The largest absolute Gasteiger partial charge is 0.414 e.